The lowest BCUT2D eigenvalue weighted by Crippen LogP contribution is -2.05. The Bertz CT molecular complexity index is 83.6. The van der Waals surface area contributed by atoms with Crippen LogP contribution < -0.4 is 0 Å². The summed E-state index contributed by atoms with van der Waals surface area (Å²) in [6.07, 6.45) is 3.07. The van der Waals surface area contributed by atoms with E-state index in [2.05, 4.69) is 6.92 Å². The number of hydrogen-bond donors (Lipinski definition) is 2. The summed E-state index contributed by atoms with van der Waals surface area (Å²) in [6, 6.07) is 0. The first kappa shape index (κ1) is 10.9. The molecule has 0 radical (unpaired) electrons. The Labute approximate surface area is 69.2 Å². The van der Waals surface area contributed by atoms with E-state index in [1.165, 1.54) is 0 Å². The molecule has 2 unspecified atom stereocenters. The maximum atomic E-state index is 8.73. The molecule has 0 aliphatic heterocycles. The molecular formula is C9H20O2. The molecule has 0 fully saturated rings. The fraction of sp³-hybridized carbons (Fsp3) is 1.00. The topological polar surface area (TPSA) is 40.5 Å². The molecule has 0 aliphatic carbocycles. The minimum absolute atomic E-state index is 0.284. The van der Waals surface area contributed by atoms with Gasteiger partial charge in [-0.2, -0.15) is 0 Å². The number of aliphatic hydroxyl groups is 2. The Kier molecular flexibility index (Phi) is 6.57. The highest BCUT2D eigenvalue weighted by Crippen LogP contribution is 2.14. The van der Waals surface area contributed by atoms with Crippen molar-refractivity contribution in [1.29, 1.82) is 0 Å². The average molecular weight is 160 g/mol. The van der Waals surface area contributed by atoms with E-state index in [0.29, 0.717) is 11.8 Å². The van der Waals surface area contributed by atoms with Crippen LogP contribution in [0, 0.1) is 11.8 Å². The lowest BCUT2D eigenvalue weighted by molar-refractivity contribution is 0.213. The summed E-state index contributed by atoms with van der Waals surface area (Å²) in [4.78, 5) is 0. The van der Waals surface area contributed by atoms with Gasteiger partial charge in [0.05, 0.1) is 0 Å². The molecule has 2 N–H and O–H groups in total. The zero-order valence-electron chi connectivity index (χ0n) is 7.58. The van der Waals surface area contributed by atoms with Gasteiger partial charge in [-0.25, -0.2) is 0 Å². The molecule has 0 aliphatic rings. The Balaban J connectivity index is 3.22. The Hall–Kier alpha value is -0.0800. The van der Waals surface area contributed by atoms with Gasteiger partial charge in [0.1, 0.15) is 0 Å². The first-order chi connectivity index (χ1) is 5.20. The molecule has 2 atom stereocenters. The smallest absolute Gasteiger partial charge is 0.0456 e. The highest BCUT2D eigenvalue weighted by molar-refractivity contribution is 4.56. The van der Waals surface area contributed by atoms with Crippen LogP contribution in [0.5, 0.6) is 0 Å². The minimum atomic E-state index is 0.284. The molecule has 0 bridgehead atoms. The van der Waals surface area contributed by atoms with Gasteiger partial charge >= 0.3 is 0 Å². The predicted molar refractivity (Wildman–Crippen MR) is 46.4 cm³/mol. The molecule has 0 amide bonds. The van der Waals surface area contributed by atoms with Crippen molar-refractivity contribution in [2.45, 2.75) is 33.1 Å². The standard InChI is InChI=1S/C9H20O2/c1-8(5-6-10)3-4-9(2)7-11/h8-11H,3-7H2,1-2H3. The van der Waals surface area contributed by atoms with E-state index in [0.717, 1.165) is 19.3 Å². The largest absolute Gasteiger partial charge is 0.396 e. The summed E-state index contributed by atoms with van der Waals surface area (Å²) in [7, 11) is 0. The normalized spacial score (nSPS) is 16.4. The van der Waals surface area contributed by atoms with Gasteiger partial charge in [0.25, 0.3) is 0 Å². The van der Waals surface area contributed by atoms with E-state index in [4.69, 9.17) is 10.2 Å². The van der Waals surface area contributed by atoms with E-state index in [1.807, 2.05) is 6.92 Å². The highest BCUT2D eigenvalue weighted by atomic mass is 16.3. The molecule has 11 heavy (non-hydrogen) atoms. The van der Waals surface area contributed by atoms with Crippen LogP contribution in [0.1, 0.15) is 33.1 Å². The summed E-state index contributed by atoms with van der Waals surface area (Å²) in [5, 5.41) is 17.3. The van der Waals surface area contributed by atoms with Crippen LogP contribution in [0.3, 0.4) is 0 Å². The Morgan fingerprint density at radius 2 is 1.45 bits per heavy atom. The quantitative estimate of drug-likeness (QED) is 0.617. The fourth-order valence-corrected chi connectivity index (χ4v) is 1.03. The van der Waals surface area contributed by atoms with Crippen LogP contribution in [0.2, 0.25) is 0 Å². The highest BCUT2D eigenvalue weighted by Gasteiger charge is 2.04. The second kappa shape index (κ2) is 6.62. The van der Waals surface area contributed by atoms with Crippen molar-refractivity contribution in [1.82, 2.24) is 0 Å². The van der Waals surface area contributed by atoms with Crippen LogP contribution in [0.15, 0.2) is 0 Å². The fourth-order valence-electron chi connectivity index (χ4n) is 1.03. The maximum absolute atomic E-state index is 8.73. The zero-order valence-corrected chi connectivity index (χ0v) is 7.58. The van der Waals surface area contributed by atoms with Gasteiger partial charge in [0.2, 0.25) is 0 Å². The molecule has 0 aromatic carbocycles. The second-order valence-electron chi connectivity index (χ2n) is 3.48. The Morgan fingerprint density at radius 3 is 1.91 bits per heavy atom. The molecule has 2 nitrogen and oxygen atoms in total. The van der Waals surface area contributed by atoms with Gasteiger partial charge in [-0.05, 0) is 24.7 Å². The predicted octanol–water partition coefficient (Wildman–Crippen LogP) is 1.41. The van der Waals surface area contributed by atoms with Gasteiger partial charge in [0, 0.05) is 13.2 Å². The minimum Gasteiger partial charge on any atom is -0.396 e. The van der Waals surface area contributed by atoms with Gasteiger partial charge in [-0.1, -0.05) is 20.3 Å². The molecule has 0 saturated carbocycles. The maximum Gasteiger partial charge on any atom is 0.0456 e. The third-order valence-corrected chi connectivity index (χ3v) is 2.09. The van der Waals surface area contributed by atoms with E-state index in [9.17, 15) is 0 Å². The van der Waals surface area contributed by atoms with Gasteiger partial charge in [0.15, 0.2) is 0 Å². The Morgan fingerprint density at radius 1 is 0.909 bits per heavy atom. The molecule has 0 spiro atoms. The molecular weight excluding hydrogens is 140 g/mol. The van der Waals surface area contributed by atoms with E-state index >= 15 is 0 Å². The van der Waals surface area contributed by atoms with Crippen LogP contribution in [-0.4, -0.2) is 23.4 Å². The monoisotopic (exact) mass is 160 g/mol. The van der Waals surface area contributed by atoms with Crippen molar-refractivity contribution >= 4 is 0 Å². The molecule has 0 heterocycles. The molecule has 0 rings (SSSR count). The first-order valence-electron chi connectivity index (χ1n) is 4.42. The average Bonchev–Trinajstić information content (AvgIpc) is 2.01. The third kappa shape index (κ3) is 6.32. The summed E-state index contributed by atoms with van der Waals surface area (Å²) in [6.45, 7) is 4.76. The first-order valence-corrected chi connectivity index (χ1v) is 4.42. The lowest BCUT2D eigenvalue weighted by atomic mass is 9.97. The number of rotatable bonds is 6. The van der Waals surface area contributed by atoms with Crippen molar-refractivity contribution in [2.75, 3.05) is 13.2 Å². The van der Waals surface area contributed by atoms with Crippen LogP contribution in [-0.2, 0) is 0 Å². The van der Waals surface area contributed by atoms with E-state index in [1.54, 1.807) is 0 Å². The van der Waals surface area contributed by atoms with E-state index < -0.39 is 0 Å². The molecule has 0 aromatic rings. The van der Waals surface area contributed by atoms with Crippen molar-refractivity contribution in [3.63, 3.8) is 0 Å². The third-order valence-electron chi connectivity index (χ3n) is 2.09. The summed E-state index contributed by atoms with van der Waals surface area (Å²) < 4.78 is 0. The number of aliphatic hydroxyl groups excluding tert-OH is 2. The summed E-state index contributed by atoms with van der Waals surface area (Å²) >= 11 is 0. The number of hydrogen-bond acceptors (Lipinski definition) is 2. The van der Waals surface area contributed by atoms with Crippen molar-refractivity contribution in [3.8, 4) is 0 Å². The van der Waals surface area contributed by atoms with Crippen LogP contribution in [0.4, 0.5) is 0 Å². The van der Waals surface area contributed by atoms with E-state index in [-0.39, 0.29) is 13.2 Å². The SMILES string of the molecule is CC(CO)CCC(C)CCO. The van der Waals surface area contributed by atoms with Crippen LogP contribution in [0.25, 0.3) is 0 Å². The molecule has 0 saturated heterocycles. The van der Waals surface area contributed by atoms with Crippen molar-refractivity contribution in [3.05, 3.63) is 0 Å². The second-order valence-corrected chi connectivity index (χ2v) is 3.48. The van der Waals surface area contributed by atoms with Crippen LogP contribution >= 0.6 is 0 Å². The summed E-state index contributed by atoms with van der Waals surface area (Å²) in [5.41, 5.74) is 0. The molecule has 0 aromatic heterocycles. The zero-order chi connectivity index (χ0) is 8.69. The van der Waals surface area contributed by atoms with Gasteiger partial charge in [-0.15, -0.1) is 0 Å². The van der Waals surface area contributed by atoms with Gasteiger partial charge in [-0.3, -0.25) is 0 Å². The molecule has 68 valence electrons. The lowest BCUT2D eigenvalue weighted by Gasteiger charge is -2.12. The van der Waals surface area contributed by atoms with Gasteiger partial charge < -0.3 is 10.2 Å². The van der Waals surface area contributed by atoms with Crippen molar-refractivity contribution < 1.29 is 10.2 Å². The molecule has 2 heteroatoms. The van der Waals surface area contributed by atoms with Crippen molar-refractivity contribution in [2.24, 2.45) is 11.8 Å². The summed E-state index contributed by atoms with van der Waals surface area (Å²) in [5.74, 6) is 1.00.